The van der Waals surface area contributed by atoms with Crippen molar-refractivity contribution in [3.05, 3.63) is 70.6 Å². The average Bonchev–Trinajstić information content (AvgIpc) is 3.21. The highest BCUT2D eigenvalue weighted by molar-refractivity contribution is 6.31. The van der Waals surface area contributed by atoms with E-state index < -0.39 is 0 Å². The van der Waals surface area contributed by atoms with Gasteiger partial charge in [0, 0.05) is 33.6 Å². The first-order valence-electron chi connectivity index (χ1n) is 8.26. The number of nitrogens with zero attached hydrogens (tertiary/aromatic N) is 1. The molecule has 0 unspecified atom stereocenters. The zero-order valence-corrected chi connectivity index (χ0v) is 14.1. The number of aromatic nitrogens is 1. The molecule has 5 rings (SSSR count). The third-order valence-electron chi connectivity index (χ3n) is 4.86. The lowest BCUT2D eigenvalue weighted by Gasteiger charge is -2.26. The van der Waals surface area contributed by atoms with Crippen LogP contribution in [-0.2, 0) is 13.0 Å². The number of hydrogen-bond donors (Lipinski definition) is 1. The highest BCUT2D eigenvalue weighted by atomic mass is 35.5. The fraction of sp³-hybridized carbons (Fsp3) is 0.150. The number of aromatic amines is 1. The van der Waals surface area contributed by atoms with Crippen molar-refractivity contribution in [2.24, 2.45) is 0 Å². The van der Waals surface area contributed by atoms with Crippen molar-refractivity contribution >= 4 is 39.4 Å². The summed E-state index contributed by atoms with van der Waals surface area (Å²) in [5.41, 5.74) is 4.23. The van der Waals surface area contributed by atoms with Crippen LogP contribution < -0.4 is 0 Å². The first-order chi connectivity index (χ1) is 12.2. The number of benzene rings is 2. The van der Waals surface area contributed by atoms with Crippen LogP contribution in [0.5, 0.6) is 0 Å². The number of furan rings is 1. The minimum atomic E-state index is -0.0865. The van der Waals surface area contributed by atoms with E-state index in [0.717, 1.165) is 23.0 Å². The predicted molar refractivity (Wildman–Crippen MR) is 98.0 cm³/mol. The number of carbonyl (C=O) groups excluding carboxylic acids is 1. The zero-order chi connectivity index (χ0) is 17.0. The zero-order valence-electron chi connectivity index (χ0n) is 13.4. The van der Waals surface area contributed by atoms with Crippen LogP contribution in [0, 0.1) is 0 Å². The van der Waals surface area contributed by atoms with Crippen molar-refractivity contribution in [3.63, 3.8) is 0 Å². The molecule has 0 atom stereocenters. The van der Waals surface area contributed by atoms with Crippen molar-refractivity contribution in [2.45, 2.75) is 13.0 Å². The fourth-order valence-electron chi connectivity index (χ4n) is 3.64. The van der Waals surface area contributed by atoms with Crippen LogP contribution in [-0.4, -0.2) is 22.3 Å². The molecule has 0 saturated carbocycles. The summed E-state index contributed by atoms with van der Waals surface area (Å²) >= 11 is 6.01. The maximum atomic E-state index is 12.9. The minimum Gasteiger partial charge on any atom is -0.451 e. The summed E-state index contributed by atoms with van der Waals surface area (Å²) in [6.07, 6.45) is 0.844. The second-order valence-electron chi connectivity index (χ2n) is 6.40. The van der Waals surface area contributed by atoms with Crippen LogP contribution >= 0.6 is 11.6 Å². The van der Waals surface area contributed by atoms with Gasteiger partial charge < -0.3 is 14.3 Å². The minimum absolute atomic E-state index is 0.0865. The standard InChI is InChI=1S/C20H15ClN2O2/c21-13-5-6-18-12(9-13)10-19(25-18)20(24)23-8-7-15-14-3-1-2-4-16(14)22-17(15)11-23/h1-6,9-10,22H,7-8,11H2. The molecule has 0 spiro atoms. The van der Waals surface area contributed by atoms with Crippen LogP contribution in [0.4, 0.5) is 0 Å². The number of H-pyrrole nitrogens is 1. The summed E-state index contributed by atoms with van der Waals surface area (Å²) in [5.74, 6) is 0.272. The maximum Gasteiger partial charge on any atom is 0.289 e. The first kappa shape index (κ1) is 14.6. The highest BCUT2D eigenvalue weighted by Crippen LogP contribution is 2.29. The Bertz CT molecular complexity index is 1130. The van der Waals surface area contributed by atoms with Gasteiger partial charge in [-0.1, -0.05) is 29.8 Å². The van der Waals surface area contributed by atoms with E-state index in [1.807, 2.05) is 23.1 Å². The summed E-state index contributed by atoms with van der Waals surface area (Å²) in [4.78, 5) is 18.1. The van der Waals surface area contributed by atoms with Crippen LogP contribution in [0.1, 0.15) is 21.8 Å². The Morgan fingerprint density at radius 2 is 2.04 bits per heavy atom. The molecule has 1 aliphatic heterocycles. The molecule has 4 aromatic rings. The normalized spacial score (nSPS) is 14.2. The number of fused-ring (bicyclic) bond motifs is 4. The van der Waals surface area contributed by atoms with E-state index >= 15 is 0 Å². The number of amides is 1. The molecular weight excluding hydrogens is 336 g/mol. The number of hydrogen-bond acceptors (Lipinski definition) is 2. The summed E-state index contributed by atoms with van der Waals surface area (Å²) in [7, 11) is 0. The Hall–Kier alpha value is -2.72. The van der Waals surface area contributed by atoms with Crippen molar-refractivity contribution in [1.82, 2.24) is 9.88 Å². The van der Waals surface area contributed by atoms with Crippen molar-refractivity contribution in [1.29, 1.82) is 0 Å². The lowest BCUT2D eigenvalue weighted by atomic mass is 10.0. The maximum absolute atomic E-state index is 12.9. The van der Waals surface area contributed by atoms with Crippen LogP contribution in [0.2, 0.25) is 5.02 Å². The number of nitrogens with one attached hydrogen (secondary N) is 1. The molecule has 3 heterocycles. The van der Waals surface area contributed by atoms with Crippen LogP contribution in [0.15, 0.2) is 52.9 Å². The largest absolute Gasteiger partial charge is 0.451 e. The lowest BCUT2D eigenvalue weighted by molar-refractivity contribution is 0.0703. The van der Waals surface area contributed by atoms with E-state index in [1.54, 1.807) is 18.2 Å². The fourth-order valence-corrected chi connectivity index (χ4v) is 3.82. The Labute approximate surface area is 149 Å². The predicted octanol–water partition coefficient (Wildman–Crippen LogP) is 4.77. The topological polar surface area (TPSA) is 49.2 Å². The smallest absolute Gasteiger partial charge is 0.289 e. The van der Waals surface area contributed by atoms with E-state index in [1.165, 1.54) is 10.9 Å². The van der Waals surface area contributed by atoms with Gasteiger partial charge in [0.15, 0.2) is 5.76 Å². The van der Waals surface area contributed by atoms with Gasteiger partial charge >= 0.3 is 0 Å². The van der Waals surface area contributed by atoms with Gasteiger partial charge in [-0.25, -0.2) is 0 Å². The molecule has 0 aliphatic carbocycles. The number of halogens is 1. The first-order valence-corrected chi connectivity index (χ1v) is 8.64. The molecule has 0 fully saturated rings. The van der Waals surface area contributed by atoms with Crippen LogP contribution in [0.25, 0.3) is 21.9 Å². The Morgan fingerprint density at radius 1 is 1.16 bits per heavy atom. The van der Waals surface area contributed by atoms with Gasteiger partial charge in [0.2, 0.25) is 0 Å². The second kappa shape index (κ2) is 5.39. The second-order valence-corrected chi connectivity index (χ2v) is 6.83. The van der Waals surface area contributed by atoms with Crippen molar-refractivity contribution in [2.75, 3.05) is 6.54 Å². The number of carbonyl (C=O) groups is 1. The van der Waals surface area contributed by atoms with Gasteiger partial charge in [-0.2, -0.15) is 0 Å². The summed E-state index contributed by atoms with van der Waals surface area (Å²) < 4.78 is 5.72. The Morgan fingerprint density at radius 3 is 2.96 bits per heavy atom. The summed E-state index contributed by atoms with van der Waals surface area (Å²) in [6, 6.07) is 15.4. The summed E-state index contributed by atoms with van der Waals surface area (Å²) in [5, 5.41) is 2.73. The third kappa shape index (κ3) is 2.33. The molecule has 2 aromatic heterocycles. The van der Waals surface area contributed by atoms with Gasteiger partial charge in [-0.15, -0.1) is 0 Å². The van der Waals surface area contributed by atoms with Gasteiger partial charge in [-0.05, 0) is 42.3 Å². The molecule has 0 bridgehead atoms. The summed E-state index contributed by atoms with van der Waals surface area (Å²) in [6.45, 7) is 1.26. The van der Waals surface area contributed by atoms with E-state index in [4.69, 9.17) is 16.0 Å². The highest BCUT2D eigenvalue weighted by Gasteiger charge is 2.26. The molecule has 0 radical (unpaired) electrons. The van der Waals surface area contributed by atoms with Gasteiger partial charge in [0.25, 0.3) is 5.91 Å². The van der Waals surface area contributed by atoms with Gasteiger partial charge in [0.05, 0.1) is 6.54 Å². The van der Waals surface area contributed by atoms with Gasteiger partial charge in [-0.3, -0.25) is 4.79 Å². The SMILES string of the molecule is O=C(c1cc2cc(Cl)ccc2o1)N1CCc2c([nH]c3ccccc23)C1. The van der Waals surface area contributed by atoms with Crippen molar-refractivity contribution < 1.29 is 9.21 Å². The molecular formula is C20H15ClN2O2. The monoisotopic (exact) mass is 350 g/mol. The molecule has 1 N–H and O–H groups in total. The van der Waals surface area contributed by atoms with Crippen LogP contribution in [0.3, 0.4) is 0 Å². The molecule has 4 nitrogen and oxygen atoms in total. The van der Waals surface area contributed by atoms with Gasteiger partial charge in [0.1, 0.15) is 5.58 Å². The lowest BCUT2D eigenvalue weighted by Crippen LogP contribution is -2.35. The quantitative estimate of drug-likeness (QED) is 0.537. The number of para-hydroxylation sites is 1. The third-order valence-corrected chi connectivity index (χ3v) is 5.09. The average molecular weight is 351 g/mol. The molecule has 1 aliphatic rings. The molecule has 25 heavy (non-hydrogen) atoms. The number of rotatable bonds is 1. The molecule has 124 valence electrons. The van der Waals surface area contributed by atoms with E-state index in [-0.39, 0.29) is 5.91 Å². The van der Waals surface area contributed by atoms with E-state index in [9.17, 15) is 4.79 Å². The van der Waals surface area contributed by atoms with E-state index in [2.05, 4.69) is 17.1 Å². The molecule has 1 amide bonds. The Kier molecular flexibility index (Phi) is 3.15. The molecule has 2 aromatic carbocycles. The molecule has 0 saturated heterocycles. The Balaban J connectivity index is 1.48. The van der Waals surface area contributed by atoms with Crippen molar-refractivity contribution in [3.8, 4) is 0 Å². The van der Waals surface area contributed by atoms with E-state index in [0.29, 0.717) is 29.5 Å². The molecule has 5 heteroatoms.